The molecular formula is C23H25F2NO3. The van der Waals surface area contributed by atoms with Gasteiger partial charge in [-0.3, -0.25) is 0 Å². The molecule has 0 fully saturated rings. The highest BCUT2D eigenvalue weighted by Gasteiger charge is 2.26. The Morgan fingerprint density at radius 3 is 2.48 bits per heavy atom. The maximum absolute atomic E-state index is 14.6. The number of carbonyl (C=O) groups excluding carboxylic acids is 1. The molecule has 0 atom stereocenters. The first-order valence-electron chi connectivity index (χ1n) is 9.56. The second-order valence-corrected chi connectivity index (χ2v) is 7.94. The molecule has 1 aliphatic rings. The van der Waals surface area contributed by atoms with E-state index in [4.69, 9.17) is 9.47 Å². The van der Waals surface area contributed by atoms with Gasteiger partial charge in [0.2, 0.25) is 0 Å². The zero-order chi connectivity index (χ0) is 21.0. The van der Waals surface area contributed by atoms with Crippen LogP contribution in [0.25, 0.3) is 5.57 Å². The molecule has 3 rings (SSSR count). The number of ether oxygens (including phenoxy) is 2. The molecule has 0 aromatic heterocycles. The molecule has 0 saturated carbocycles. The zero-order valence-electron chi connectivity index (χ0n) is 16.9. The van der Waals surface area contributed by atoms with E-state index in [0.717, 1.165) is 11.6 Å². The molecule has 154 valence electrons. The predicted molar refractivity (Wildman–Crippen MR) is 108 cm³/mol. The summed E-state index contributed by atoms with van der Waals surface area (Å²) in [7, 11) is 0. The fourth-order valence-corrected chi connectivity index (χ4v) is 3.10. The summed E-state index contributed by atoms with van der Waals surface area (Å²) >= 11 is 0. The van der Waals surface area contributed by atoms with Crippen molar-refractivity contribution < 1.29 is 23.0 Å². The average Bonchev–Trinajstić information content (AvgIpc) is 2.65. The Balaban J connectivity index is 1.78. The lowest BCUT2D eigenvalue weighted by Gasteiger charge is -2.30. The van der Waals surface area contributed by atoms with Crippen LogP contribution in [0.15, 0.2) is 48.5 Å². The molecular weight excluding hydrogens is 376 g/mol. The molecule has 29 heavy (non-hydrogen) atoms. The third kappa shape index (κ3) is 5.56. The van der Waals surface area contributed by atoms with Crippen LogP contribution in [0.1, 0.15) is 38.3 Å². The molecule has 0 spiro atoms. The van der Waals surface area contributed by atoms with Gasteiger partial charge in [-0.15, -0.1) is 0 Å². The van der Waals surface area contributed by atoms with Gasteiger partial charge in [0.25, 0.3) is 0 Å². The summed E-state index contributed by atoms with van der Waals surface area (Å²) in [5.41, 5.74) is 1.25. The first-order valence-corrected chi connectivity index (χ1v) is 9.56. The van der Waals surface area contributed by atoms with E-state index in [-0.39, 0.29) is 17.9 Å². The van der Waals surface area contributed by atoms with Crippen LogP contribution < -0.4 is 4.74 Å². The molecule has 0 saturated heterocycles. The van der Waals surface area contributed by atoms with E-state index in [1.165, 1.54) is 6.07 Å². The van der Waals surface area contributed by atoms with Gasteiger partial charge in [0.15, 0.2) is 0 Å². The van der Waals surface area contributed by atoms with Crippen molar-refractivity contribution in [2.75, 3.05) is 13.1 Å². The van der Waals surface area contributed by atoms with Crippen LogP contribution >= 0.6 is 0 Å². The van der Waals surface area contributed by atoms with Crippen molar-refractivity contribution in [2.45, 2.75) is 39.4 Å². The molecule has 0 radical (unpaired) electrons. The summed E-state index contributed by atoms with van der Waals surface area (Å²) in [5.74, 6) is -1.21. The Kier molecular flexibility index (Phi) is 6.20. The van der Waals surface area contributed by atoms with Gasteiger partial charge in [-0.1, -0.05) is 36.4 Å². The summed E-state index contributed by atoms with van der Waals surface area (Å²) in [4.78, 5) is 13.8. The number of amides is 1. The van der Waals surface area contributed by atoms with Crippen molar-refractivity contribution in [1.82, 2.24) is 4.90 Å². The molecule has 0 unspecified atom stereocenters. The van der Waals surface area contributed by atoms with Gasteiger partial charge < -0.3 is 14.4 Å². The molecule has 1 amide bonds. The van der Waals surface area contributed by atoms with Crippen molar-refractivity contribution in [1.29, 1.82) is 0 Å². The van der Waals surface area contributed by atoms with E-state index in [9.17, 15) is 13.6 Å². The molecule has 4 nitrogen and oxygen atoms in total. The molecule has 0 N–H and O–H groups in total. The molecule has 2 aromatic carbocycles. The van der Waals surface area contributed by atoms with Crippen LogP contribution in [-0.4, -0.2) is 29.7 Å². The number of carbonyl (C=O) groups is 1. The molecule has 0 bridgehead atoms. The number of rotatable bonds is 4. The smallest absolute Gasteiger partial charge is 0.410 e. The third-order valence-electron chi connectivity index (χ3n) is 4.44. The van der Waals surface area contributed by atoms with E-state index >= 15 is 0 Å². The molecule has 0 aliphatic carbocycles. The van der Waals surface area contributed by atoms with Crippen molar-refractivity contribution in [3.05, 3.63) is 71.3 Å². The Morgan fingerprint density at radius 1 is 1.14 bits per heavy atom. The van der Waals surface area contributed by atoms with Gasteiger partial charge in [0.05, 0.1) is 5.56 Å². The number of hydrogen-bond donors (Lipinski definition) is 0. The van der Waals surface area contributed by atoms with Crippen molar-refractivity contribution >= 4 is 11.7 Å². The maximum atomic E-state index is 14.6. The second-order valence-electron chi connectivity index (χ2n) is 7.94. The standard InChI is InChI=1S/C23H25F2NO3/c1-23(2,3)29-22(27)26-11-9-17(10-12-26)21-19(25)13-18(24)14-20(21)28-15-16-7-5-4-6-8-16/h4-9,13-14H,10-12,15H2,1-3H3. The highest BCUT2D eigenvalue weighted by molar-refractivity contribution is 5.75. The largest absolute Gasteiger partial charge is 0.488 e. The monoisotopic (exact) mass is 401 g/mol. The summed E-state index contributed by atoms with van der Waals surface area (Å²) < 4.78 is 39.6. The first-order chi connectivity index (χ1) is 13.7. The third-order valence-corrected chi connectivity index (χ3v) is 4.44. The molecule has 1 heterocycles. The van der Waals surface area contributed by atoms with E-state index in [1.54, 1.807) is 31.7 Å². The SMILES string of the molecule is CC(C)(C)OC(=O)N1CC=C(c2c(F)cc(F)cc2OCc2ccccc2)CC1. The minimum absolute atomic E-state index is 0.156. The van der Waals surface area contributed by atoms with Crippen molar-refractivity contribution in [3.8, 4) is 5.75 Å². The summed E-state index contributed by atoms with van der Waals surface area (Å²) in [6, 6.07) is 11.5. The van der Waals surface area contributed by atoms with Crippen LogP contribution in [0.5, 0.6) is 5.75 Å². The van der Waals surface area contributed by atoms with Gasteiger partial charge in [-0.05, 0) is 38.3 Å². The fourth-order valence-electron chi connectivity index (χ4n) is 3.10. The number of nitrogens with zero attached hydrogens (tertiary/aromatic N) is 1. The topological polar surface area (TPSA) is 38.8 Å². The number of hydrogen-bond acceptors (Lipinski definition) is 3. The van der Waals surface area contributed by atoms with E-state index in [1.807, 2.05) is 30.3 Å². The van der Waals surface area contributed by atoms with Gasteiger partial charge >= 0.3 is 6.09 Å². The summed E-state index contributed by atoms with van der Waals surface area (Å²) in [5, 5.41) is 0. The number of halogens is 2. The first kappa shape index (κ1) is 20.8. The van der Waals surface area contributed by atoms with Crippen LogP contribution in [0.4, 0.5) is 13.6 Å². The Morgan fingerprint density at radius 2 is 1.86 bits per heavy atom. The van der Waals surface area contributed by atoms with Gasteiger partial charge in [0.1, 0.15) is 29.6 Å². The lowest BCUT2D eigenvalue weighted by atomic mass is 9.98. The van der Waals surface area contributed by atoms with Crippen molar-refractivity contribution in [2.24, 2.45) is 0 Å². The lowest BCUT2D eigenvalue weighted by molar-refractivity contribution is 0.0270. The van der Waals surface area contributed by atoms with Gasteiger partial charge in [-0.2, -0.15) is 0 Å². The Hall–Kier alpha value is -2.89. The van der Waals surface area contributed by atoms with Gasteiger partial charge in [-0.25, -0.2) is 13.6 Å². The fraction of sp³-hybridized carbons (Fsp3) is 0.348. The van der Waals surface area contributed by atoms with Crippen LogP contribution in [0, 0.1) is 11.6 Å². The highest BCUT2D eigenvalue weighted by atomic mass is 19.1. The molecule has 1 aliphatic heterocycles. The quantitative estimate of drug-likeness (QED) is 0.672. The second kappa shape index (κ2) is 8.64. The van der Waals surface area contributed by atoms with Crippen LogP contribution in [0.3, 0.4) is 0 Å². The van der Waals surface area contributed by atoms with Crippen LogP contribution in [0.2, 0.25) is 0 Å². The molecule has 6 heteroatoms. The summed E-state index contributed by atoms with van der Waals surface area (Å²) in [6.45, 7) is 6.30. The normalized spacial score (nSPS) is 14.4. The van der Waals surface area contributed by atoms with E-state index < -0.39 is 23.3 Å². The zero-order valence-corrected chi connectivity index (χ0v) is 16.9. The minimum atomic E-state index is -0.693. The average molecular weight is 401 g/mol. The van der Waals surface area contributed by atoms with Crippen molar-refractivity contribution in [3.63, 3.8) is 0 Å². The highest BCUT2D eigenvalue weighted by Crippen LogP contribution is 2.34. The van der Waals surface area contributed by atoms with Gasteiger partial charge in [0, 0.05) is 25.2 Å². The Labute approximate surface area is 169 Å². The lowest BCUT2D eigenvalue weighted by Crippen LogP contribution is -2.39. The number of benzene rings is 2. The maximum Gasteiger partial charge on any atom is 0.410 e. The predicted octanol–water partition coefficient (Wildman–Crippen LogP) is 5.57. The summed E-state index contributed by atoms with van der Waals surface area (Å²) in [6.07, 6.45) is 1.77. The molecule has 2 aromatic rings. The Bertz CT molecular complexity index is 904. The van der Waals surface area contributed by atoms with E-state index in [2.05, 4.69) is 0 Å². The minimum Gasteiger partial charge on any atom is -0.488 e. The van der Waals surface area contributed by atoms with Crippen LogP contribution in [-0.2, 0) is 11.3 Å². The van der Waals surface area contributed by atoms with E-state index in [0.29, 0.717) is 25.1 Å².